The second-order valence-corrected chi connectivity index (χ2v) is 10.8. The zero-order valence-corrected chi connectivity index (χ0v) is 22.4. The molecule has 1 aliphatic heterocycles. The first kappa shape index (κ1) is 28.6. The van der Waals surface area contributed by atoms with Crippen molar-refractivity contribution in [2.45, 2.75) is 69.8 Å². The Kier molecular flexibility index (Phi) is 8.67. The van der Waals surface area contributed by atoms with Crippen LogP contribution >= 0.6 is 0 Å². The van der Waals surface area contributed by atoms with E-state index in [1.165, 1.54) is 24.1 Å². The predicted molar refractivity (Wildman–Crippen MR) is 141 cm³/mol. The first-order chi connectivity index (χ1) is 18.5. The van der Waals surface area contributed by atoms with Crippen molar-refractivity contribution in [3.05, 3.63) is 66.0 Å². The van der Waals surface area contributed by atoms with E-state index in [1.54, 1.807) is 54.3 Å². The number of para-hydroxylation sites is 1. The van der Waals surface area contributed by atoms with Gasteiger partial charge in [-0.05, 0) is 62.4 Å². The van der Waals surface area contributed by atoms with Crippen LogP contribution in [0.4, 0.5) is 18.9 Å². The van der Waals surface area contributed by atoms with Gasteiger partial charge in [-0.1, -0.05) is 30.3 Å². The molecule has 2 aromatic rings. The summed E-state index contributed by atoms with van der Waals surface area (Å²) in [6.45, 7) is 2.14. The molecule has 1 heterocycles. The normalized spacial score (nSPS) is 21.1. The minimum Gasteiger partial charge on any atom is -0.469 e. The Morgan fingerprint density at radius 3 is 2.36 bits per heavy atom. The summed E-state index contributed by atoms with van der Waals surface area (Å²) >= 11 is 0. The maximum Gasteiger partial charge on any atom is 0.312 e. The monoisotopic (exact) mass is 544 g/mol. The van der Waals surface area contributed by atoms with Crippen molar-refractivity contribution in [2.24, 2.45) is 5.41 Å². The molecule has 4 rings (SSSR count). The molecule has 1 saturated heterocycles. The molecule has 6 nitrogen and oxygen atoms in total. The molecule has 2 unspecified atom stereocenters. The summed E-state index contributed by atoms with van der Waals surface area (Å²) in [6.07, 6.45) is 0.285. The summed E-state index contributed by atoms with van der Waals surface area (Å²) in [7, 11) is 1.26. The molecular weight excluding hydrogens is 509 g/mol. The first-order valence-electron chi connectivity index (χ1n) is 13.4. The third-order valence-corrected chi connectivity index (χ3v) is 8.14. The average molecular weight is 545 g/mol. The van der Waals surface area contributed by atoms with Crippen molar-refractivity contribution in [1.29, 1.82) is 0 Å². The third kappa shape index (κ3) is 6.45. The number of alkyl halides is 2. The van der Waals surface area contributed by atoms with Crippen LogP contribution in [0.5, 0.6) is 0 Å². The van der Waals surface area contributed by atoms with Crippen LogP contribution in [-0.4, -0.2) is 54.8 Å². The van der Waals surface area contributed by atoms with Crippen molar-refractivity contribution in [1.82, 2.24) is 4.90 Å². The van der Waals surface area contributed by atoms with Crippen LogP contribution in [0.2, 0.25) is 0 Å². The molecule has 2 fully saturated rings. The summed E-state index contributed by atoms with van der Waals surface area (Å²) in [6, 6.07) is 13.9. The highest BCUT2D eigenvalue weighted by Crippen LogP contribution is 2.41. The van der Waals surface area contributed by atoms with Crippen LogP contribution in [-0.2, 0) is 19.1 Å². The van der Waals surface area contributed by atoms with Gasteiger partial charge in [0.25, 0.3) is 0 Å². The quantitative estimate of drug-likeness (QED) is 0.419. The Bertz CT molecular complexity index is 1180. The number of rotatable bonds is 7. The fourth-order valence-corrected chi connectivity index (χ4v) is 5.90. The molecule has 0 bridgehead atoms. The number of esters is 1. The van der Waals surface area contributed by atoms with Crippen molar-refractivity contribution >= 4 is 23.5 Å². The molecule has 2 aliphatic rings. The Balaban J connectivity index is 1.53. The fourth-order valence-electron chi connectivity index (χ4n) is 5.90. The zero-order chi connectivity index (χ0) is 28.2. The molecule has 0 radical (unpaired) electrons. The number of ether oxygens (including phenoxy) is 1. The molecule has 1 aliphatic carbocycles. The van der Waals surface area contributed by atoms with E-state index >= 15 is 0 Å². The Morgan fingerprint density at radius 1 is 1.05 bits per heavy atom. The van der Waals surface area contributed by atoms with E-state index in [-0.39, 0.29) is 44.7 Å². The summed E-state index contributed by atoms with van der Waals surface area (Å²) in [4.78, 5) is 43.2. The molecule has 2 amide bonds. The number of anilines is 1. The summed E-state index contributed by atoms with van der Waals surface area (Å²) in [5.41, 5.74) is -0.112. The summed E-state index contributed by atoms with van der Waals surface area (Å²) < 4.78 is 47.5. The lowest BCUT2D eigenvalue weighted by Crippen LogP contribution is -2.52. The second-order valence-electron chi connectivity index (χ2n) is 10.8. The highest BCUT2D eigenvalue weighted by atomic mass is 19.3. The second kappa shape index (κ2) is 11.8. The summed E-state index contributed by atoms with van der Waals surface area (Å²) in [5, 5.41) is 0. The number of methoxy groups -OCH3 is 1. The number of carbonyl (C=O) groups excluding carboxylic acids is 3. The van der Waals surface area contributed by atoms with Crippen molar-refractivity contribution in [3.8, 4) is 0 Å². The van der Waals surface area contributed by atoms with E-state index < -0.39 is 47.4 Å². The third-order valence-electron chi connectivity index (χ3n) is 8.14. The van der Waals surface area contributed by atoms with Gasteiger partial charge in [-0.15, -0.1) is 0 Å². The van der Waals surface area contributed by atoms with Crippen LogP contribution in [0.15, 0.2) is 54.6 Å². The number of piperidine rings is 1. The van der Waals surface area contributed by atoms with Crippen LogP contribution in [0, 0.1) is 11.2 Å². The molecule has 2 atom stereocenters. The maximum atomic E-state index is 14.4. The Hall–Kier alpha value is -3.36. The van der Waals surface area contributed by atoms with Crippen LogP contribution < -0.4 is 4.90 Å². The van der Waals surface area contributed by atoms with E-state index in [9.17, 15) is 27.6 Å². The lowest BCUT2D eigenvalue weighted by atomic mass is 9.74. The largest absolute Gasteiger partial charge is 0.469 e. The van der Waals surface area contributed by atoms with E-state index in [1.807, 2.05) is 0 Å². The number of benzene rings is 2. The molecule has 1 saturated carbocycles. The van der Waals surface area contributed by atoms with Crippen molar-refractivity contribution in [3.63, 3.8) is 0 Å². The van der Waals surface area contributed by atoms with Crippen molar-refractivity contribution in [2.75, 3.05) is 25.1 Å². The number of hydrogen-bond donors (Lipinski definition) is 0. The molecule has 0 spiro atoms. The van der Waals surface area contributed by atoms with Gasteiger partial charge in [0.05, 0.1) is 18.4 Å². The molecule has 0 aromatic heterocycles. The van der Waals surface area contributed by atoms with Gasteiger partial charge >= 0.3 is 5.97 Å². The lowest BCUT2D eigenvalue weighted by Gasteiger charge is -2.42. The number of hydrogen-bond acceptors (Lipinski definition) is 4. The van der Waals surface area contributed by atoms with Crippen LogP contribution in [0.3, 0.4) is 0 Å². The van der Waals surface area contributed by atoms with E-state index in [0.717, 1.165) is 0 Å². The van der Waals surface area contributed by atoms with E-state index in [2.05, 4.69) is 0 Å². The number of likely N-dealkylation sites (tertiary alicyclic amines) is 1. The fraction of sp³-hybridized carbons (Fsp3) is 0.500. The smallest absolute Gasteiger partial charge is 0.312 e. The van der Waals surface area contributed by atoms with Crippen molar-refractivity contribution < 1.29 is 32.3 Å². The van der Waals surface area contributed by atoms with E-state index in [0.29, 0.717) is 24.1 Å². The minimum absolute atomic E-state index is 0.191. The SMILES string of the molecule is COC(=O)C1(CC(=O)N(c2ccccc2)C2CCCC(F)(F)C2)CCN(C(=O)C(C)c2cccc(F)c2)CC1. The van der Waals surface area contributed by atoms with Gasteiger partial charge < -0.3 is 14.5 Å². The molecule has 210 valence electrons. The average Bonchev–Trinajstić information content (AvgIpc) is 2.92. The highest BCUT2D eigenvalue weighted by Gasteiger charge is 2.48. The minimum atomic E-state index is -2.86. The van der Waals surface area contributed by atoms with Gasteiger partial charge in [0, 0.05) is 44.1 Å². The topological polar surface area (TPSA) is 66.9 Å². The molecular formula is C30H35F3N2O4. The van der Waals surface area contributed by atoms with Crippen LogP contribution in [0.25, 0.3) is 0 Å². The predicted octanol–water partition coefficient (Wildman–Crippen LogP) is 5.71. The maximum absolute atomic E-state index is 14.4. The lowest BCUT2D eigenvalue weighted by molar-refractivity contribution is -0.160. The number of amides is 2. The summed E-state index contributed by atoms with van der Waals surface area (Å²) in [5.74, 6) is -5.02. The van der Waals surface area contributed by atoms with Gasteiger partial charge in [-0.25, -0.2) is 13.2 Å². The highest BCUT2D eigenvalue weighted by molar-refractivity contribution is 5.97. The Morgan fingerprint density at radius 2 is 1.74 bits per heavy atom. The van der Waals surface area contributed by atoms with Crippen LogP contribution in [0.1, 0.15) is 63.4 Å². The molecule has 39 heavy (non-hydrogen) atoms. The molecule has 9 heteroatoms. The van der Waals surface area contributed by atoms with Gasteiger partial charge in [0.15, 0.2) is 0 Å². The van der Waals surface area contributed by atoms with E-state index in [4.69, 9.17) is 4.74 Å². The van der Waals surface area contributed by atoms with Gasteiger partial charge in [-0.2, -0.15) is 0 Å². The van der Waals surface area contributed by atoms with Gasteiger partial charge in [0.1, 0.15) is 5.82 Å². The molecule has 0 N–H and O–H groups in total. The first-order valence-corrected chi connectivity index (χ1v) is 13.4. The number of halogens is 3. The Labute approximate surface area is 227 Å². The molecule has 2 aromatic carbocycles. The number of carbonyl (C=O) groups is 3. The van der Waals surface area contributed by atoms with Gasteiger partial charge in [-0.3, -0.25) is 14.4 Å². The zero-order valence-electron chi connectivity index (χ0n) is 22.4. The van der Waals surface area contributed by atoms with Gasteiger partial charge in [0.2, 0.25) is 17.7 Å². The number of nitrogens with zero attached hydrogens (tertiary/aromatic N) is 2. The standard InChI is InChI=1S/C30H35F3N2O4/c1-21(22-8-6-9-23(31)18-22)27(37)34-16-14-29(15-17-34,28(38)39-2)20-26(36)35(24-10-4-3-5-11-24)25-12-7-13-30(32,33)19-25/h3-6,8-11,18,21,25H,7,12-17,19-20H2,1-2H3.